The van der Waals surface area contributed by atoms with Crippen LogP contribution in [0, 0.1) is 13.8 Å². The van der Waals surface area contributed by atoms with E-state index in [9.17, 15) is 4.79 Å². The van der Waals surface area contributed by atoms with Crippen molar-refractivity contribution in [1.29, 1.82) is 0 Å². The van der Waals surface area contributed by atoms with Crippen molar-refractivity contribution < 1.29 is 9.90 Å². The first-order valence-electron chi connectivity index (χ1n) is 6.26. The molecule has 3 rings (SSSR count). The largest absolute Gasteiger partial charge is 0.478 e. The average molecular weight is 268 g/mol. The zero-order valence-corrected chi connectivity index (χ0v) is 11.4. The van der Waals surface area contributed by atoms with Crippen LogP contribution in [0.1, 0.15) is 21.7 Å². The Morgan fingerprint density at radius 3 is 2.45 bits per heavy atom. The number of nitrogens with zero attached hydrogens (tertiary/aromatic N) is 2. The summed E-state index contributed by atoms with van der Waals surface area (Å²) in [5.74, 6) is -0.886. The monoisotopic (exact) mass is 268 g/mol. The van der Waals surface area contributed by atoms with E-state index in [0.717, 1.165) is 16.9 Å². The van der Waals surface area contributed by atoms with Crippen LogP contribution in [0.4, 0.5) is 0 Å². The van der Waals surface area contributed by atoms with Gasteiger partial charge in [-0.25, -0.2) is 4.79 Å². The number of aromatic carboxylic acids is 1. The first-order valence-corrected chi connectivity index (χ1v) is 6.26. The molecule has 0 saturated carbocycles. The number of aromatic nitrogens is 2. The quantitative estimate of drug-likeness (QED) is 0.736. The molecule has 0 radical (unpaired) electrons. The average Bonchev–Trinajstić information content (AvgIpc) is 2.86. The van der Waals surface area contributed by atoms with Gasteiger partial charge in [-0.3, -0.25) is 4.98 Å². The number of carboxylic acid groups (broad SMARTS) is 1. The van der Waals surface area contributed by atoms with E-state index in [0.29, 0.717) is 5.56 Å². The number of aryl methyl sites for hydroxylation is 2. The summed E-state index contributed by atoms with van der Waals surface area (Å²) in [6, 6.07) is 13.3. The van der Waals surface area contributed by atoms with Crippen LogP contribution in [-0.2, 0) is 0 Å². The molecule has 4 heteroatoms. The molecule has 0 atom stereocenters. The summed E-state index contributed by atoms with van der Waals surface area (Å²) < 4.78 is 1.86. The molecule has 0 bridgehead atoms. The van der Waals surface area contributed by atoms with Crippen LogP contribution in [0.25, 0.3) is 5.52 Å². The van der Waals surface area contributed by atoms with Crippen molar-refractivity contribution >= 4 is 11.5 Å². The van der Waals surface area contributed by atoms with Crippen molar-refractivity contribution in [2.45, 2.75) is 13.8 Å². The molecular formula is C16H16N2O2. The molecule has 0 aromatic carbocycles. The lowest BCUT2D eigenvalue weighted by Crippen LogP contribution is -1.92. The first kappa shape index (κ1) is 13.8. The van der Waals surface area contributed by atoms with Gasteiger partial charge in [0.15, 0.2) is 0 Å². The first-order chi connectivity index (χ1) is 9.58. The summed E-state index contributed by atoms with van der Waals surface area (Å²) >= 11 is 0. The van der Waals surface area contributed by atoms with Crippen LogP contribution in [0.2, 0.25) is 0 Å². The van der Waals surface area contributed by atoms with Crippen LogP contribution in [0.3, 0.4) is 0 Å². The highest BCUT2D eigenvalue weighted by Gasteiger charge is 2.06. The minimum atomic E-state index is -0.886. The van der Waals surface area contributed by atoms with Crippen LogP contribution >= 0.6 is 0 Å². The van der Waals surface area contributed by atoms with E-state index in [2.05, 4.69) is 4.98 Å². The molecule has 0 aliphatic carbocycles. The van der Waals surface area contributed by atoms with E-state index in [1.54, 1.807) is 18.5 Å². The zero-order chi connectivity index (χ0) is 14.5. The van der Waals surface area contributed by atoms with Crippen molar-refractivity contribution in [3.63, 3.8) is 0 Å². The summed E-state index contributed by atoms with van der Waals surface area (Å²) in [4.78, 5) is 14.6. The van der Waals surface area contributed by atoms with E-state index in [4.69, 9.17) is 5.11 Å². The Kier molecular flexibility index (Phi) is 4.15. The Morgan fingerprint density at radius 2 is 1.95 bits per heavy atom. The molecule has 3 aromatic heterocycles. The predicted octanol–water partition coefficient (Wildman–Crippen LogP) is 3.34. The Labute approximate surface area is 117 Å². The van der Waals surface area contributed by atoms with Gasteiger partial charge in [-0.2, -0.15) is 0 Å². The number of rotatable bonds is 1. The van der Waals surface area contributed by atoms with Gasteiger partial charge >= 0.3 is 5.97 Å². The maximum absolute atomic E-state index is 10.7. The Balaban J connectivity index is 0.000000178. The zero-order valence-electron chi connectivity index (χ0n) is 11.4. The fraction of sp³-hybridized carbons (Fsp3) is 0.125. The highest BCUT2D eigenvalue weighted by Crippen LogP contribution is 2.12. The maximum atomic E-state index is 10.7. The minimum absolute atomic E-state index is 0.328. The van der Waals surface area contributed by atoms with Gasteiger partial charge in [-0.15, -0.1) is 0 Å². The third-order valence-electron chi connectivity index (χ3n) is 2.89. The second-order valence-electron chi connectivity index (χ2n) is 4.47. The second kappa shape index (κ2) is 6.02. The van der Waals surface area contributed by atoms with E-state index in [1.807, 2.05) is 54.6 Å². The normalized spacial score (nSPS) is 9.90. The fourth-order valence-corrected chi connectivity index (χ4v) is 1.84. The maximum Gasteiger partial charge on any atom is 0.337 e. The topological polar surface area (TPSA) is 54.6 Å². The Morgan fingerprint density at radius 1 is 1.15 bits per heavy atom. The lowest BCUT2D eigenvalue weighted by Gasteiger charge is -1.97. The summed E-state index contributed by atoms with van der Waals surface area (Å²) in [5, 5.41) is 8.76. The fourth-order valence-electron chi connectivity index (χ4n) is 1.84. The van der Waals surface area contributed by atoms with Gasteiger partial charge in [-0.1, -0.05) is 12.1 Å². The van der Waals surface area contributed by atoms with E-state index >= 15 is 0 Å². The molecule has 4 nitrogen and oxygen atoms in total. The van der Waals surface area contributed by atoms with Crippen molar-refractivity contribution in [1.82, 2.24) is 9.38 Å². The van der Waals surface area contributed by atoms with Gasteiger partial charge < -0.3 is 9.51 Å². The standard InChI is InChI=1S/C10H9NO2.C6H7N/c1-7-3-2-4-9-5-8(10(12)13)6-11(7)9;1-6-4-2-3-5-7-6/h2-6H,1H3,(H,12,13);2-5H,1H3. The molecule has 0 saturated heterocycles. The lowest BCUT2D eigenvalue weighted by atomic mass is 10.3. The summed E-state index contributed by atoms with van der Waals surface area (Å²) in [6.45, 7) is 3.92. The van der Waals surface area contributed by atoms with Crippen molar-refractivity contribution in [3.8, 4) is 0 Å². The smallest absolute Gasteiger partial charge is 0.337 e. The predicted molar refractivity (Wildman–Crippen MR) is 78.1 cm³/mol. The molecule has 0 aliphatic heterocycles. The van der Waals surface area contributed by atoms with Crippen molar-refractivity contribution in [3.05, 3.63) is 71.8 Å². The van der Waals surface area contributed by atoms with Crippen molar-refractivity contribution in [2.75, 3.05) is 0 Å². The number of pyridine rings is 2. The molecule has 0 aliphatic rings. The number of carbonyl (C=O) groups is 1. The van der Waals surface area contributed by atoms with Gasteiger partial charge in [0, 0.05) is 29.3 Å². The molecule has 0 amide bonds. The summed E-state index contributed by atoms with van der Waals surface area (Å²) in [6.07, 6.45) is 3.42. The van der Waals surface area contributed by atoms with Crippen LogP contribution in [-0.4, -0.2) is 20.5 Å². The second-order valence-corrected chi connectivity index (χ2v) is 4.47. The number of fused-ring (bicyclic) bond motifs is 1. The number of carboxylic acids is 1. The van der Waals surface area contributed by atoms with Crippen LogP contribution < -0.4 is 0 Å². The highest BCUT2D eigenvalue weighted by atomic mass is 16.4. The van der Waals surface area contributed by atoms with Gasteiger partial charge in [0.05, 0.1) is 5.56 Å². The third-order valence-corrected chi connectivity index (χ3v) is 2.89. The molecule has 3 aromatic rings. The highest BCUT2D eigenvalue weighted by molar-refractivity contribution is 5.89. The molecule has 0 fully saturated rings. The summed E-state index contributed by atoms with van der Waals surface area (Å²) in [7, 11) is 0. The molecular weight excluding hydrogens is 252 g/mol. The van der Waals surface area contributed by atoms with Crippen molar-refractivity contribution in [2.24, 2.45) is 0 Å². The van der Waals surface area contributed by atoms with Crippen LogP contribution in [0.15, 0.2) is 54.9 Å². The molecule has 102 valence electrons. The SMILES string of the molecule is Cc1cccc2cc(C(=O)O)cn12.Cc1ccccn1. The molecule has 3 heterocycles. The number of hydrogen-bond donors (Lipinski definition) is 1. The molecule has 0 spiro atoms. The van der Waals surface area contributed by atoms with Gasteiger partial charge in [0.2, 0.25) is 0 Å². The van der Waals surface area contributed by atoms with Gasteiger partial charge in [0.1, 0.15) is 0 Å². The number of hydrogen-bond acceptors (Lipinski definition) is 2. The molecule has 20 heavy (non-hydrogen) atoms. The minimum Gasteiger partial charge on any atom is -0.478 e. The Hall–Kier alpha value is -2.62. The van der Waals surface area contributed by atoms with E-state index in [1.165, 1.54) is 0 Å². The van der Waals surface area contributed by atoms with E-state index in [-0.39, 0.29) is 0 Å². The van der Waals surface area contributed by atoms with Gasteiger partial charge in [0.25, 0.3) is 0 Å². The summed E-state index contributed by atoms with van der Waals surface area (Å²) in [5.41, 5.74) is 3.35. The molecule has 1 N–H and O–H groups in total. The van der Waals surface area contributed by atoms with E-state index < -0.39 is 5.97 Å². The Bertz CT molecular complexity index is 718. The molecule has 0 unspecified atom stereocenters. The van der Waals surface area contributed by atoms with Crippen LogP contribution in [0.5, 0.6) is 0 Å². The third kappa shape index (κ3) is 3.23. The van der Waals surface area contributed by atoms with Gasteiger partial charge in [-0.05, 0) is 44.2 Å². The lowest BCUT2D eigenvalue weighted by molar-refractivity contribution is 0.0697.